The first-order valence-electron chi connectivity index (χ1n) is 6.89. The van der Waals surface area contributed by atoms with E-state index in [1.165, 1.54) is 0 Å². The van der Waals surface area contributed by atoms with E-state index in [9.17, 15) is 9.59 Å². The van der Waals surface area contributed by atoms with Crippen molar-refractivity contribution in [1.29, 1.82) is 0 Å². The number of carbonyl (C=O) groups is 2. The highest BCUT2D eigenvalue weighted by Crippen LogP contribution is 2.12. The smallest absolute Gasteiger partial charge is 0.306 e. The Morgan fingerprint density at radius 2 is 1.11 bits per heavy atom. The van der Waals surface area contributed by atoms with Gasteiger partial charge in [0.1, 0.15) is 0 Å². The molecule has 0 aliphatic heterocycles. The summed E-state index contributed by atoms with van der Waals surface area (Å²) in [6.45, 7) is 7.82. The second-order valence-corrected chi connectivity index (χ2v) is 4.46. The Balaban J connectivity index is 0. The summed E-state index contributed by atoms with van der Waals surface area (Å²) in [6.07, 6.45) is 5.07. The Bertz CT molecular complexity index is 216. The number of hydrogen-bond acceptors (Lipinski definition) is 2. The number of carboxylic acids is 2. The first-order valence-corrected chi connectivity index (χ1v) is 6.89. The van der Waals surface area contributed by atoms with Crippen molar-refractivity contribution in [3.05, 3.63) is 0 Å². The molecule has 0 unspecified atom stereocenters. The SMILES string of the molecule is CCC(CC)C(=O)O.CCCC(CCC)C(=O)O. The van der Waals surface area contributed by atoms with E-state index >= 15 is 0 Å². The molecule has 0 aliphatic rings. The Hall–Kier alpha value is -1.06. The summed E-state index contributed by atoms with van der Waals surface area (Å²) in [4.78, 5) is 20.6. The van der Waals surface area contributed by atoms with Gasteiger partial charge in [0.25, 0.3) is 0 Å². The summed E-state index contributed by atoms with van der Waals surface area (Å²) in [5, 5.41) is 17.0. The minimum Gasteiger partial charge on any atom is -0.481 e. The molecule has 0 aromatic carbocycles. The van der Waals surface area contributed by atoms with Gasteiger partial charge in [-0.2, -0.15) is 0 Å². The Kier molecular flexibility index (Phi) is 13.3. The van der Waals surface area contributed by atoms with Crippen LogP contribution in [0.3, 0.4) is 0 Å². The predicted molar refractivity (Wildman–Crippen MR) is 72.6 cm³/mol. The third kappa shape index (κ3) is 10.1. The van der Waals surface area contributed by atoms with E-state index in [4.69, 9.17) is 10.2 Å². The number of rotatable bonds is 8. The average molecular weight is 260 g/mol. The van der Waals surface area contributed by atoms with Crippen LogP contribution in [0.1, 0.15) is 66.2 Å². The zero-order valence-corrected chi connectivity index (χ0v) is 12.1. The predicted octanol–water partition coefficient (Wildman–Crippen LogP) is 3.79. The third-order valence-electron chi connectivity index (χ3n) is 2.96. The van der Waals surface area contributed by atoms with E-state index in [2.05, 4.69) is 0 Å². The van der Waals surface area contributed by atoms with Crippen LogP contribution in [0, 0.1) is 11.8 Å². The zero-order chi connectivity index (χ0) is 14.6. The maximum Gasteiger partial charge on any atom is 0.306 e. The van der Waals surface area contributed by atoms with Crippen molar-refractivity contribution < 1.29 is 19.8 Å². The molecule has 0 amide bonds. The van der Waals surface area contributed by atoms with Gasteiger partial charge in [0.05, 0.1) is 11.8 Å². The molecule has 4 nitrogen and oxygen atoms in total. The number of aliphatic carboxylic acids is 2. The molecule has 4 heteroatoms. The van der Waals surface area contributed by atoms with Gasteiger partial charge in [0.2, 0.25) is 0 Å². The van der Waals surface area contributed by atoms with Crippen LogP contribution in [-0.2, 0) is 9.59 Å². The first-order chi connectivity index (χ1) is 8.44. The Morgan fingerprint density at radius 1 is 0.778 bits per heavy atom. The van der Waals surface area contributed by atoms with Gasteiger partial charge in [0, 0.05) is 0 Å². The van der Waals surface area contributed by atoms with Crippen molar-refractivity contribution in [3.8, 4) is 0 Å². The van der Waals surface area contributed by atoms with Gasteiger partial charge in [-0.25, -0.2) is 0 Å². The summed E-state index contributed by atoms with van der Waals surface area (Å²) < 4.78 is 0. The quantitative estimate of drug-likeness (QED) is 0.696. The van der Waals surface area contributed by atoms with Crippen molar-refractivity contribution in [1.82, 2.24) is 0 Å². The van der Waals surface area contributed by atoms with Gasteiger partial charge in [-0.1, -0.05) is 40.5 Å². The van der Waals surface area contributed by atoms with Crippen molar-refractivity contribution in [3.63, 3.8) is 0 Å². The fourth-order valence-corrected chi connectivity index (χ4v) is 1.73. The van der Waals surface area contributed by atoms with Crippen LogP contribution in [0.2, 0.25) is 0 Å². The molecule has 0 fully saturated rings. The largest absolute Gasteiger partial charge is 0.481 e. The average Bonchev–Trinajstić information content (AvgIpc) is 2.30. The minimum absolute atomic E-state index is 0.102. The van der Waals surface area contributed by atoms with Crippen molar-refractivity contribution in [2.45, 2.75) is 66.2 Å². The molecule has 0 atom stereocenters. The van der Waals surface area contributed by atoms with E-state index in [1.54, 1.807) is 0 Å². The van der Waals surface area contributed by atoms with Crippen LogP contribution < -0.4 is 0 Å². The lowest BCUT2D eigenvalue weighted by molar-refractivity contribution is -0.143. The van der Waals surface area contributed by atoms with Crippen molar-refractivity contribution >= 4 is 11.9 Å². The Morgan fingerprint density at radius 3 is 1.22 bits per heavy atom. The summed E-state index contributed by atoms with van der Waals surface area (Å²) in [7, 11) is 0. The molecule has 0 spiro atoms. The molecule has 0 heterocycles. The monoisotopic (exact) mass is 260 g/mol. The van der Waals surface area contributed by atoms with Gasteiger partial charge in [-0.15, -0.1) is 0 Å². The summed E-state index contributed by atoms with van der Waals surface area (Å²) in [6, 6.07) is 0. The van der Waals surface area contributed by atoms with Crippen molar-refractivity contribution in [2.75, 3.05) is 0 Å². The molecule has 0 aliphatic carbocycles. The first kappa shape index (κ1) is 19.3. The van der Waals surface area contributed by atoms with Crippen LogP contribution >= 0.6 is 0 Å². The van der Waals surface area contributed by atoms with E-state index in [0.717, 1.165) is 38.5 Å². The van der Waals surface area contributed by atoms with Crippen LogP contribution in [0.4, 0.5) is 0 Å². The fourth-order valence-electron chi connectivity index (χ4n) is 1.73. The van der Waals surface area contributed by atoms with Crippen LogP contribution in [0.15, 0.2) is 0 Å². The zero-order valence-electron chi connectivity index (χ0n) is 12.1. The van der Waals surface area contributed by atoms with Gasteiger partial charge >= 0.3 is 11.9 Å². The molecule has 0 rings (SSSR count). The molecule has 108 valence electrons. The van der Waals surface area contributed by atoms with Crippen LogP contribution in [0.5, 0.6) is 0 Å². The maximum atomic E-state index is 10.5. The van der Waals surface area contributed by atoms with Crippen LogP contribution in [0.25, 0.3) is 0 Å². The maximum absolute atomic E-state index is 10.5. The molecule has 0 radical (unpaired) electrons. The summed E-state index contributed by atoms with van der Waals surface area (Å²) >= 11 is 0. The molecule has 0 aromatic heterocycles. The molecule has 0 saturated carbocycles. The molecule has 0 aromatic rings. The third-order valence-corrected chi connectivity index (χ3v) is 2.96. The lowest BCUT2D eigenvalue weighted by atomic mass is 9.99. The molecule has 2 N–H and O–H groups in total. The van der Waals surface area contributed by atoms with Gasteiger partial charge < -0.3 is 10.2 Å². The molecule has 0 saturated heterocycles. The molecular weight excluding hydrogens is 232 g/mol. The van der Waals surface area contributed by atoms with E-state index < -0.39 is 11.9 Å². The summed E-state index contributed by atoms with van der Waals surface area (Å²) in [5.74, 6) is -1.54. The molecule has 18 heavy (non-hydrogen) atoms. The summed E-state index contributed by atoms with van der Waals surface area (Å²) in [5.41, 5.74) is 0. The van der Waals surface area contributed by atoms with Crippen molar-refractivity contribution in [2.24, 2.45) is 11.8 Å². The highest BCUT2D eigenvalue weighted by Gasteiger charge is 2.13. The topological polar surface area (TPSA) is 74.6 Å². The van der Waals surface area contributed by atoms with E-state index in [1.807, 2.05) is 27.7 Å². The van der Waals surface area contributed by atoms with Gasteiger partial charge in [-0.3, -0.25) is 9.59 Å². The minimum atomic E-state index is -0.671. The molecule has 0 bridgehead atoms. The fraction of sp³-hybridized carbons (Fsp3) is 0.857. The van der Waals surface area contributed by atoms with Crippen LogP contribution in [-0.4, -0.2) is 22.2 Å². The van der Waals surface area contributed by atoms with Gasteiger partial charge in [-0.05, 0) is 25.7 Å². The molecular formula is C14H28O4. The van der Waals surface area contributed by atoms with E-state index in [0.29, 0.717) is 0 Å². The van der Waals surface area contributed by atoms with Gasteiger partial charge in [0.15, 0.2) is 0 Å². The second-order valence-electron chi connectivity index (χ2n) is 4.46. The highest BCUT2D eigenvalue weighted by molar-refractivity contribution is 5.70. The lowest BCUT2D eigenvalue weighted by Crippen LogP contribution is -2.12. The highest BCUT2D eigenvalue weighted by atomic mass is 16.4. The normalized spacial score (nSPS) is 10.1. The number of carboxylic acid groups (broad SMARTS) is 2. The number of hydrogen-bond donors (Lipinski definition) is 2. The van der Waals surface area contributed by atoms with E-state index in [-0.39, 0.29) is 11.8 Å². The second kappa shape index (κ2) is 12.4. The Labute approximate surface area is 110 Å². The lowest BCUT2D eigenvalue weighted by Gasteiger charge is -2.07. The standard InChI is InChI=1S/C8H16O2.C6H12O2/c1-3-5-7(6-4-2)8(9)10;1-3-5(4-2)6(7)8/h7H,3-6H2,1-2H3,(H,9,10);5H,3-4H2,1-2H3,(H,7,8).